The Morgan fingerprint density at radius 2 is 1.90 bits per heavy atom. The lowest BCUT2D eigenvalue weighted by molar-refractivity contribution is -0.716. The second-order valence-electron chi connectivity index (χ2n) is 5.49. The van der Waals surface area contributed by atoms with Gasteiger partial charge in [-0.15, -0.1) is 0 Å². The molecular weight excluding hydrogens is 264 g/mol. The Morgan fingerprint density at radius 3 is 2.67 bits per heavy atom. The Kier molecular flexibility index (Phi) is 2.56. The fourth-order valence-electron chi connectivity index (χ4n) is 3.63. The smallest absolute Gasteiger partial charge is 0.259 e. The summed E-state index contributed by atoms with van der Waals surface area (Å²) >= 11 is 0. The minimum atomic E-state index is -0.403. The fraction of sp³-hybridized carbons (Fsp3) is 0.235. The first-order valence-electron chi connectivity index (χ1n) is 7.18. The quantitative estimate of drug-likeness (QED) is 0.890. The molecule has 2 aromatic carbocycles. The molecule has 21 heavy (non-hydrogen) atoms. The van der Waals surface area contributed by atoms with Gasteiger partial charge in [0.1, 0.15) is 5.75 Å². The van der Waals surface area contributed by atoms with Gasteiger partial charge in [0, 0.05) is 5.56 Å². The summed E-state index contributed by atoms with van der Waals surface area (Å²) in [7, 11) is 1.66. The molecule has 0 unspecified atom stereocenters. The van der Waals surface area contributed by atoms with Gasteiger partial charge in [0.15, 0.2) is 0 Å². The topological polar surface area (TPSA) is 46.1 Å². The van der Waals surface area contributed by atoms with Gasteiger partial charge >= 0.3 is 0 Å². The molecule has 2 aliphatic heterocycles. The summed E-state index contributed by atoms with van der Waals surface area (Å²) < 4.78 is 5.24. The minimum Gasteiger partial charge on any atom is -0.497 e. The van der Waals surface area contributed by atoms with Crippen molar-refractivity contribution in [3.05, 3.63) is 65.2 Å². The van der Waals surface area contributed by atoms with Crippen molar-refractivity contribution in [2.45, 2.75) is 5.66 Å². The van der Waals surface area contributed by atoms with E-state index in [1.807, 2.05) is 35.2 Å². The van der Waals surface area contributed by atoms with Gasteiger partial charge in [0.25, 0.3) is 5.91 Å². The number of amides is 1. The van der Waals surface area contributed by atoms with Crippen LogP contribution in [0.25, 0.3) is 0 Å². The van der Waals surface area contributed by atoms with Gasteiger partial charge in [-0.05, 0) is 36.4 Å². The van der Waals surface area contributed by atoms with Crippen LogP contribution in [0.15, 0.2) is 48.5 Å². The average molecular weight is 281 g/mol. The van der Waals surface area contributed by atoms with E-state index in [0.717, 1.165) is 35.5 Å². The number of rotatable bonds is 2. The number of nitrogens with zero attached hydrogens (tertiary/aromatic N) is 1. The zero-order chi connectivity index (χ0) is 14.4. The molecule has 4 heteroatoms. The Hall–Kier alpha value is -2.33. The lowest BCUT2D eigenvalue weighted by Gasteiger charge is -2.29. The zero-order valence-electron chi connectivity index (χ0n) is 11.9. The van der Waals surface area contributed by atoms with Crippen molar-refractivity contribution in [3.8, 4) is 5.75 Å². The van der Waals surface area contributed by atoms with Crippen LogP contribution in [0, 0.1) is 0 Å². The Labute approximate surface area is 123 Å². The summed E-state index contributed by atoms with van der Waals surface area (Å²) in [6.45, 7) is 1.70. The molecule has 0 aliphatic carbocycles. The van der Waals surface area contributed by atoms with Crippen LogP contribution in [0.5, 0.6) is 5.75 Å². The summed E-state index contributed by atoms with van der Waals surface area (Å²) in [5, 5.41) is 2.26. The van der Waals surface area contributed by atoms with Crippen LogP contribution in [0.2, 0.25) is 0 Å². The van der Waals surface area contributed by atoms with Crippen molar-refractivity contribution >= 4 is 5.91 Å². The highest BCUT2D eigenvalue weighted by Gasteiger charge is 2.57. The van der Waals surface area contributed by atoms with E-state index >= 15 is 0 Å². The maximum Gasteiger partial charge on any atom is 0.259 e. The number of benzene rings is 2. The number of carbonyl (C=O) groups is 1. The molecule has 4 nitrogen and oxygen atoms in total. The highest BCUT2D eigenvalue weighted by Crippen LogP contribution is 2.40. The molecule has 2 heterocycles. The first-order valence-corrected chi connectivity index (χ1v) is 7.18. The molecule has 0 aromatic heterocycles. The summed E-state index contributed by atoms with van der Waals surface area (Å²) in [4.78, 5) is 14.6. The first kappa shape index (κ1) is 12.4. The number of hydrogen-bond acceptors (Lipinski definition) is 2. The lowest BCUT2D eigenvalue weighted by atomic mass is 9.91. The monoisotopic (exact) mass is 281 g/mol. The molecule has 1 atom stereocenters. The second-order valence-corrected chi connectivity index (χ2v) is 5.49. The van der Waals surface area contributed by atoms with Gasteiger partial charge in [0.2, 0.25) is 5.66 Å². The highest BCUT2D eigenvalue weighted by atomic mass is 16.5. The van der Waals surface area contributed by atoms with E-state index in [1.54, 1.807) is 7.11 Å². The third-order valence-electron chi connectivity index (χ3n) is 4.56. The summed E-state index contributed by atoms with van der Waals surface area (Å²) in [5.74, 6) is 0.965. The number of carbonyl (C=O) groups excluding carboxylic acids is 1. The van der Waals surface area contributed by atoms with Gasteiger partial charge in [-0.25, -0.2) is 0 Å². The number of nitrogens with two attached hydrogens (primary N) is 1. The Bertz CT molecular complexity index is 711. The molecule has 0 bridgehead atoms. The van der Waals surface area contributed by atoms with Gasteiger partial charge in [-0.3, -0.25) is 9.69 Å². The van der Waals surface area contributed by atoms with Crippen molar-refractivity contribution in [3.63, 3.8) is 0 Å². The number of methoxy groups -OCH3 is 1. The first-order chi connectivity index (χ1) is 10.3. The summed E-state index contributed by atoms with van der Waals surface area (Å²) in [6, 6.07) is 16.0. The van der Waals surface area contributed by atoms with Gasteiger partial charge in [-0.1, -0.05) is 12.1 Å². The predicted octanol–water partition coefficient (Wildman–Crippen LogP) is 0.929. The van der Waals surface area contributed by atoms with Crippen LogP contribution in [0.4, 0.5) is 0 Å². The maximum atomic E-state index is 12.7. The molecule has 4 rings (SSSR count). The summed E-state index contributed by atoms with van der Waals surface area (Å²) in [5.41, 5.74) is 2.64. The standard InChI is InChI=1S/C17H16N2O2/c1-21-13-8-6-12(7-9-13)17-15-5-3-2-4-14(15)16(20)19(17)11-10-18-17/h2-9,18H,10-11H2,1H3/p+1/t17-/m1/s1. The van der Waals surface area contributed by atoms with Crippen LogP contribution in [-0.4, -0.2) is 31.0 Å². The molecule has 2 N–H and O–H groups in total. The Morgan fingerprint density at radius 1 is 1.14 bits per heavy atom. The van der Waals surface area contributed by atoms with E-state index in [4.69, 9.17) is 4.74 Å². The van der Waals surface area contributed by atoms with Crippen molar-refractivity contribution < 1.29 is 14.8 Å². The van der Waals surface area contributed by atoms with Crippen LogP contribution in [0.3, 0.4) is 0 Å². The molecule has 0 radical (unpaired) electrons. The molecule has 0 spiro atoms. The largest absolute Gasteiger partial charge is 0.497 e. The van der Waals surface area contributed by atoms with Gasteiger partial charge in [-0.2, -0.15) is 0 Å². The van der Waals surface area contributed by atoms with E-state index in [2.05, 4.69) is 23.5 Å². The Balaban J connectivity index is 1.93. The van der Waals surface area contributed by atoms with E-state index < -0.39 is 5.66 Å². The van der Waals surface area contributed by atoms with Crippen molar-refractivity contribution in [1.82, 2.24) is 4.90 Å². The number of ether oxygens (including phenoxy) is 1. The summed E-state index contributed by atoms with van der Waals surface area (Å²) in [6.07, 6.45) is 0. The van der Waals surface area contributed by atoms with E-state index in [1.165, 1.54) is 0 Å². The van der Waals surface area contributed by atoms with E-state index in [0.29, 0.717) is 0 Å². The SMILES string of the molecule is COc1ccc([C@@]23[NH2+]CCN2C(=O)c2ccccc23)cc1. The number of quaternary nitrogens is 1. The third-order valence-corrected chi connectivity index (χ3v) is 4.56. The van der Waals surface area contributed by atoms with Crippen LogP contribution in [-0.2, 0) is 5.66 Å². The van der Waals surface area contributed by atoms with Crippen LogP contribution in [0.1, 0.15) is 21.5 Å². The molecule has 2 aromatic rings. The van der Waals surface area contributed by atoms with Crippen molar-refractivity contribution in [2.75, 3.05) is 20.2 Å². The van der Waals surface area contributed by atoms with Crippen LogP contribution < -0.4 is 10.1 Å². The zero-order valence-corrected chi connectivity index (χ0v) is 11.9. The molecule has 1 fully saturated rings. The van der Waals surface area contributed by atoms with Crippen molar-refractivity contribution in [1.29, 1.82) is 0 Å². The molecule has 1 saturated heterocycles. The molecule has 1 amide bonds. The van der Waals surface area contributed by atoms with E-state index in [9.17, 15) is 4.79 Å². The normalized spacial score (nSPS) is 23.1. The molecule has 0 saturated carbocycles. The van der Waals surface area contributed by atoms with Crippen molar-refractivity contribution in [2.24, 2.45) is 0 Å². The maximum absolute atomic E-state index is 12.7. The fourth-order valence-corrected chi connectivity index (χ4v) is 3.63. The number of hydrogen-bond donors (Lipinski definition) is 1. The molecule has 2 aliphatic rings. The van der Waals surface area contributed by atoms with E-state index in [-0.39, 0.29) is 5.91 Å². The second kappa shape index (κ2) is 4.33. The van der Waals surface area contributed by atoms with Gasteiger partial charge in [0.05, 0.1) is 31.3 Å². The highest BCUT2D eigenvalue weighted by molar-refractivity contribution is 6.00. The van der Waals surface area contributed by atoms with Gasteiger partial charge < -0.3 is 10.1 Å². The minimum absolute atomic E-state index is 0.134. The molecular formula is C17H17N2O2+. The number of fused-ring (bicyclic) bond motifs is 3. The van der Waals surface area contributed by atoms with Crippen LogP contribution >= 0.6 is 0 Å². The lowest BCUT2D eigenvalue weighted by Crippen LogP contribution is -2.93. The molecule has 106 valence electrons. The average Bonchev–Trinajstić information content (AvgIpc) is 3.08. The third kappa shape index (κ3) is 1.51. The predicted molar refractivity (Wildman–Crippen MR) is 78.0 cm³/mol.